The van der Waals surface area contributed by atoms with Crippen LogP contribution in [0.5, 0.6) is 0 Å². The Morgan fingerprint density at radius 2 is 1.76 bits per heavy atom. The van der Waals surface area contributed by atoms with Gasteiger partial charge in [-0.3, -0.25) is 5.10 Å². The first-order valence-corrected chi connectivity index (χ1v) is 7.66. The summed E-state index contributed by atoms with van der Waals surface area (Å²) in [5, 5.41) is 13.8. The second-order valence-electron chi connectivity index (χ2n) is 5.96. The van der Waals surface area contributed by atoms with Crippen molar-refractivity contribution < 1.29 is 40.6 Å². The number of alkyl halides is 7. The molecule has 1 aromatic heterocycles. The molecule has 1 atom stereocenters. The number of aromatic amines is 1. The number of H-pyrrole nitrogens is 1. The van der Waals surface area contributed by atoms with Gasteiger partial charge in [-0.25, -0.2) is 8.78 Å². The first-order valence-electron chi connectivity index (χ1n) is 7.66. The number of ether oxygens (including phenoxy) is 1. The second kappa shape index (κ2) is 7.48. The van der Waals surface area contributed by atoms with E-state index in [1.165, 1.54) is 6.42 Å². The zero-order chi connectivity index (χ0) is 18.8. The van der Waals surface area contributed by atoms with Gasteiger partial charge in [0.25, 0.3) is 5.92 Å². The molecule has 11 heteroatoms. The normalized spacial score (nSPS) is 23.3. The first-order chi connectivity index (χ1) is 11.5. The Bertz CT molecular complexity index is 568. The Morgan fingerprint density at radius 1 is 1.16 bits per heavy atom. The highest BCUT2D eigenvalue weighted by Gasteiger charge is 2.53. The van der Waals surface area contributed by atoms with Crippen LogP contribution < -0.4 is 0 Å². The van der Waals surface area contributed by atoms with Crippen LogP contribution in [0.4, 0.5) is 30.7 Å². The third-order valence-corrected chi connectivity index (χ3v) is 4.08. The summed E-state index contributed by atoms with van der Waals surface area (Å²) in [5.41, 5.74) is -2.67. The zero-order valence-electron chi connectivity index (χ0n) is 12.9. The Kier molecular flexibility index (Phi) is 5.97. The number of aliphatic hydroxyl groups excluding tert-OH is 1. The standard InChI is InChI=1S/C7H5F5N2O.C7H12F2O/c8-6(9)1-2-3(5(6)15)4(14-13-2)7(10,11)12;8-7(9)10-6-4-2-1-3-5-6/h5,15H,1H2,(H,13,14);6-7H,1-5H2. The number of fused-ring (bicyclic) bond motifs is 1. The molecule has 1 aromatic rings. The fourth-order valence-corrected chi connectivity index (χ4v) is 2.92. The molecule has 0 aliphatic heterocycles. The van der Waals surface area contributed by atoms with Crippen LogP contribution >= 0.6 is 0 Å². The summed E-state index contributed by atoms with van der Waals surface area (Å²) in [7, 11) is 0. The number of aromatic nitrogens is 2. The highest BCUT2D eigenvalue weighted by Crippen LogP contribution is 2.47. The highest BCUT2D eigenvalue weighted by atomic mass is 19.4. The van der Waals surface area contributed by atoms with E-state index in [0.29, 0.717) is 0 Å². The molecule has 0 spiro atoms. The van der Waals surface area contributed by atoms with Crippen molar-refractivity contribution >= 4 is 0 Å². The van der Waals surface area contributed by atoms with Crippen molar-refractivity contribution in [2.24, 2.45) is 0 Å². The Labute approximate surface area is 138 Å². The van der Waals surface area contributed by atoms with Gasteiger partial charge in [0.05, 0.1) is 12.5 Å². The van der Waals surface area contributed by atoms with Crippen molar-refractivity contribution in [2.45, 2.75) is 69.4 Å². The van der Waals surface area contributed by atoms with Crippen LogP contribution in [-0.2, 0) is 17.3 Å². The van der Waals surface area contributed by atoms with Gasteiger partial charge in [-0.15, -0.1) is 0 Å². The van der Waals surface area contributed by atoms with E-state index >= 15 is 0 Å². The molecule has 0 bridgehead atoms. The maximum absolute atomic E-state index is 12.9. The van der Waals surface area contributed by atoms with E-state index in [2.05, 4.69) is 9.84 Å². The van der Waals surface area contributed by atoms with Crippen LogP contribution in [0.15, 0.2) is 0 Å². The topological polar surface area (TPSA) is 58.1 Å². The summed E-state index contributed by atoms with van der Waals surface area (Å²) in [5.74, 6) is -3.57. The van der Waals surface area contributed by atoms with Crippen molar-refractivity contribution in [3.8, 4) is 0 Å². The average Bonchev–Trinajstić information content (AvgIpc) is 2.98. The predicted molar refractivity (Wildman–Crippen MR) is 71.2 cm³/mol. The van der Waals surface area contributed by atoms with Crippen LogP contribution in [0.2, 0.25) is 0 Å². The lowest BCUT2D eigenvalue weighted by Crippen LogP contribution is -2.24. The van der Waals surface area contributed by atoms with Gasteiger partial charge < -0.3 is 9.84 Å². The Morgan fingerprint density at radius 3 is 2.28 bits per heavy atom. The van der Waals surface area contributed by atoms with Gasteiger partial charge in [-0.1, -0.05) is 19.3 Å². The molecule has 25 heavy (non-hydrogen) atoms. The lowest BCUT2D eigenvalue weighted by Gasteiger charge is -2.20. The van der Waals surface area contributed by atoms with E-state index in [0.717, 1.165) is 25.7 Å². The molecular weight excluding hydrogens is 361 g/mol. The van der Waals surface area contributed by atoms with E-state index in [9.17, 15) is 30.7 Å². The van der Waals surface area contributed by atoms with Gasteiger partial charge in [0.2, 0.25) is 0 Å². The van der Waals surface area contributed by atoms with Crippen molar-refractivity contribution in [3.05, 3.63) is 17.0 Å². The third kappa shape index (κ3) is 4.84. The molecule has 0 radical (unpaired) electrons. The molecule has 2 aliphatic rings. The summed E-state index contributed by atoms with van der Waals surface area (Å²) in [6, 6.07) is 0. The first kappa shape index (κ1) is 20.0. The molecule has 1 fully saturated rings. The van der Waals surface area contributed by atoms with E-state index in [1.54, 1.807) is 0 Å². The minimum atomic E-state index is -4.84. The quantitative estimate of drug-likeness (QED) is 0.758. The maximum Gasteiger partial charge on any atom is 0.435 e. The molecule has 4 nitrogen and oxygen atoms in total. The number of nitrogens with zero attached hydrogens (tertiary/aromatic N) is 1. The van der Waals surface area contributed by atoms with Crippen molar-refractivity contribution in [2.75, 3.05) is 0 Å². The lowest BCUT2D eigenvalue weighted by molar-refractivity contribution is -0.169. The average molecular weight is 378 g/mol. The summed E-state index contributed by atoms with van der Waals surface area (Å²) in [6.45, 7) is -2.58. The molecule has 0 saturated heterocycles. The molecule has 3 rings (SSSR count). The molecule has 1 heterocycles. The van der Waals surface area contributed by atoms with E-state index < -0.39 is 42.5 Å². The molecule has 1 saturated carbocycles. The summed E-state index contributed by atoms with van der Waals surface area (Å²) in [4.78, 5) is 0. The lowest BCUT2D eigenvalue weighted by atomic mass is 9.98. The molecule has 144 valence electrons. The molecule has 2 aliphatic carbocycles. The van der Waals surface area contributed by atoms with Gasteiger partial charge in [0.15, 0.2) is 5.69 Å². The number of aliphatic hydroxyl groups is 1. The SMILES string of the molecule is FC(F)OC1CCCCC1.OC1c2c(C(F)(F)F)n[nH]c2CC1(F)F. The van der Waals surface area contributed by atoms with Crippen LogP contribution in [0, 0.1) is 0 Å². The smallest absolute Gasteiger partial charge is 0.382 e. The summed E-state index contributed by atoms with van der Waals surface area (Å²) in [6.07, 6.45) is -3.54. The van der Waals surface area contributed by atoms with Crippen LogP contribution in [0.25, 0.3) is 0 Å². The van der Waals surface area contributed by atoms with Gasteiger partial charge in [-0.05, 0) is 12.8 Å². The van der Waals surface area contributed by atoms with Gasteiger partial charge in [0.1, 0.15) is 6.10 Å². The maximum atomic E-state index is 12.9. The second-order valence-corrected chi connectivity index (χ2v) is 5.96. The van der Waals surface area contributed by atoms with Crippen LogP contribution in [-0.4, -0.2) is 33.9 Å². The molecule has 1 unspecified atom stereocenters. The van der Waals surface area contributed by atoms with E-state index in [1.807, 2.05) is 5.10 Å². The van der Waals surface area contributed by atoms with Gasteiger partial charge in [-0.2, -0.15) is 27.1 Å². The zero-order valence-corrected chi connectivity index (χ0v) is 12.9. The summed E-state index contributed by atoms with van der Waals surface area (Å²) < 4.78 is 90.1. The molecule has 0 amide bonds. The fourth-order valence-electron chi connectivity index (χ4n) is 2.92. The van der Waals surface area contributed by atoms with Crippen LogP contribution in [0.3, 0.4) is 0 Å². The largest absolute Gasteiger partial charge is 0.435 e. The van der Waals surface area contributed by atoms with Crippen molar-refractivity contribution in [1.29, 1.82) is 0 Å². The number of halogens is 7. The number of hydrogen-bond acceptors (Lipinski definition) is 3. The monoisotopic (exact) mass is 378 g/mol. The number of hydrogen-bond donors (Lipinski definition) is 2. The molecule has 2 N–H and O–H groups in total. The summed E-state index contributed by atoms with van der Waals surface area (Å²) >= 11 is 0. The molecule has 0 aromatic carbocycles. The van der Waals surface area contributed by atoms with Gasteiger partial charge in [0, 0.05) is 11.3 Å². The predicted octanol–water partition coefficient (Wildman–Crippen LogP) is 4.21. The Hall–Kier alpha value is -1.36. The minimum absolute atomic E-state index is 0.172. The van der Waals surface area contributed by atoms with Gasteiger partial charge >= 0.3 is 12.8 Å². The van der Waals surface area contributed by atoms with Crippen molar-refractivity contribution in [3.63, 3.8) is 0 Å². The third-order valence-electron chi connectivity index (χ3n) is 4.08. The Balaban J connectivity index is 0.000000196. The molecular formula is C14H17F7N2O2. The van der Waals surface area contributed by atoms with E-state index in [4.69, 9.17) is 5.11 Å². The van der Waals surface area contributed by atoms with Crippen molar-refractivity contribution in [1.82, 2.24) is 10.2 Å². The number of nitrogens with one attached hydrogen (secondary N) is 1. The fraction of sp³-hybridized carbons (Fsp3) is 0.786. The number of rotatable bonds is 2. The highest BCUT2D eigenvalue weighted by molar-refractivity contribution is 5.37. The van der Waals surface area contributed by atoms with E-state index in [-0.39, 0.29) is 11.8 Å². The van der Waals surface area contributed by atoms with Crippen LogP contribution in [0.1, 0.15) is 55.2 Å². The minimum Gasteiger partial charge on any atom is -0.382 e.